The molecule has 3 aromatic rings. The number of anilines is 2. The summed E-state index contributed by atoms with van der Waals surface area (Å²) in [6.07, 6.45) is -0.354. The SMILES string of the molecule is COC(=O)CCS(=O)(=O)Oc1ccc(-c2cc(C)c3c(c2COc2cc(F)ccc2C)NC(=O)C(C)(C)N3)c(OC)c1. The molecule has 0 unspecified atom stereocenters. The van der Waals surface area contributed by atoms with Crippen LogP contribution in [-0.4, -0.2) is 45.8 Å². The third-order valence-corrected chi connectivity index (χ3v) is 8.02. The third-order valence-electron chi connectivity index (χ3n) is 6.87. The first-order valence-corrected chi connectivity index (χ1v) is 14.6. The summed E-state index contributed by atoms with van der Waals surface area (Å²) in [5.41, 5.74) is 3.71. The second kappa shape index (κ2) is 11.9. The van der Waals surface area contributed by atoms with Gasteiger partial charge in [-0.25, -0.2) is 4.39 Å². The number of aryl methyl sites for hydroxylation is 2. The van der Waals surface area contributed by atoms with Gasteiger partial charge in [0.25, 0.3) is 0 Å². The van der Waals surface area contributed by atoms with Crippen molar-refractivity contribution in [2.75, 3.05) is 30.6 Å². The third kappa shape index (κ3) is 6.59. The van der Waals surface area contributed by atoms with E-state index >= 15 is 0 Å². The van der Waals surface area contributed by atoms with E-state index in [1.807, 2.05) is 13.0 Å². The standard InChI is InChI=1S/C30H33FN2O8S/c1-17-7-8-19(31)14-24(17)40-16-23-22(13-18(2)27-28(23)32-29(35)30(3,4)33-27)21-10-9-20(15-25(21)38-5)41-42(36,37)12-11-26(34)39-6/h7-10,13-15,33H,11-12,16H2,1-6H3,(H,32,35). The summed E-state index contributed by atoms with van der Waals surface area (Å²) in [6, 6.07) is 10.7. The first kappa shape index (κ1) is 30.6. The van der Waals surface area contributed by atoms with Gasteiger partial charge in [-0.3, -0.25) is 9.59 Å². The van der Waals surface area contributed by atoms with Gasteiger partial charge in [-0.2, -0.15) is 8.42 Å². The molecule has 1 aliphatic heterocycles. The number of methoxy groups -OCH3 is 2. The van der Waals surface area contributed by atoms with Crippen LogP contribution in [0, 0.1) is 19.7 Å². The molecule has 12 heteroatoms. The fourth-order valence-electron chi connectivity index (χ4n) is 4.51. The number of nitrogens with one attached hydrogen (secondary N) is 2. The van der Waals surface area contributed by atoms with Gasteiger partial charge in [0.15, 0.2) is 0 Å². The van der Waals surface area contributed by atoms with Crippen molar-refractivity contribution in [1.29, 1.82) is 0 Å². The molecule has 0 spiro atoms. The van der Waals surface area contributed by atoms with Crippen LogP contribution in [0.5, 0.6) is 17.2 Å². The molecule has 42 heavy (non-hydrogen) atoms. The molecule has 2 N–H and O–H groups in total. The Labute approximate surface area is 244 Å². The van der Waals surface area contributed by atoms with E-state index in [2.05, 4.69) is 15.4 Å². The highest BCUT2D eigenvalue weighted by atomic mass is 32.2. The number of hydrogen-bond acceptors (Lipinski definition) is 9. The molecule has 0 atom stereocenters. The Morgan fingerprint density at radius 3 is 2.38 bits per heavy atom. The average Bonchev–Trinajstić information content (AvgIpc) is 2.93. The Morgan fingerprint density at radius 2 is 1.69 bits per heavy atom. The molecule has 0 aromatic heterocycles. The zero-order valence-corrected chi connectivity index (χ0v) is 25.0. The van der Waals surface area contributed by atoms with Crippen molar-refractivity contribution in [3.8, 4) is 28.4 Å². The average molecular weight is 601 g/mol. The number of halogens is 1. The van der Waals surface area contributed by atoms with Gasteiger partial charge in [-0.1, -0.05) is 6.07 Å². The summed E-state index contributed by atoms with van der Waals surface area (Å²) in [6.45, 7) is 7.20. The van der Waals surface area contributed by atoms with Crippen LogP contribution in [0.1, 0.15) is 37.0 Å². The Bertz CT molecular complexity index is 1650. The lowest BCUT2D eigenvalue weighted by molar-refractivity contribution is -0.140. The van der Waals surface area contributed by atoms with E-state index in [1.165, 1.54) is 38.5 Å². The van der Waals surface area contributed by atoms with E-state index in [4.69, 9.17) is 13.7 Å². The van der Waals surface area contributed by atoms with Crippen LogP contribution in [0.3, 0.4) is 0 Å². The quantitative estimate of drug-likeness (QED) is 0.241. The molecular weight excluding hydrogens is 567 g/mol. The minimum Gasteiger partial charge on any atom is -0.496 e. The summed E-state index contributed by atoms with van der Waals surface area (Å²) in [5, 5.41) is 6.30. The number of rotatable bonds is 10. The van der Waals surface area contributed by atoms with E-state index in [0.717, 1.165) is 11.1 Å². The molecule has 1 aliphatic rings. The number of hydrogen-bond donors (Lipinski definition) is 2. The fourth-order valence-corrected chi connectivity index (χ4v) is 5.41. The maximum atomic E-state index is 14.0. The normalized spacial score (nSPS) is 13.8. The smallest absolute Gasteiger partial charge is 0.309 e. The second-order valence-corrected chi connectivity index (χ2v) is 12.1. The largest absolute Gasteiger partial charge is 0.496 e. The number of fused-ring (bicyclic) bond motifs is 1. The van der Waals surface area contributed by atoms with Crippen molar-refractivity contribution in [2.24, 2.45) is 0 Å². The lowest BCUT2D eigenvalue weighted by atomic mass is 9.90. The summed E-state index contributed by atoms with van der Waals surface area (Å²) in [5.74, 6) is -1.31. The lowest BCUT2D eigenvalue weighted by Crippen LogP contribution is -2.48. The first-order valence-electron chi connectivity index (χ1n) is 13.1. The highest BCUT2D eigenvalue weighted by molar-refractivity contribution is 7.87. The fraction of sp³-hybridized carbons (Fsp3) is 0.333. The topological polar surface area (TPSA) is 129 Å². The number of carbonyl (C=O) groups is 2. The van der Waals surface area contributed by atoms with Crippen molar-refractivity contribution < 1.29 is 40.8 Å². The molecule has 0 bridgehead atoms. The van der Waals surface area contributed by atoms with Crippen LogP contribution < -0.4 is 24.3 Å². The molecule has 10 nitrogen and oxygen atoms in total. The first-order chi connectivity index (χ1) is 19.7. The Balaban J connectivity index is 1.78. The Morgan fingerprint density at radius 1 is 0.952 bits per heavy atom. The molecule has 0 saturated heterocycles. The Hall–Kier alpha value is -4.32. The Kier molecular flexibility index (Phi) is 8.67. The second-order valence-electron chi connectivity index (χ2n) is 10.4. The molecule has 0 radical (unpaired) electrons. The lowest BCUT2D eigenvalue weighted by Gasteiger charge is -2.36. The van der Waals surface area contributed by atoms with Crippen LogP contribution in [-0.2, 0) is 31.1 Å². The highest BCUT2D eigenvalue weighted by Gasteiger charge is 2.36. The van der Waals surface area contributed by atoms with Crippen LogP contribution in [0.25, 0.3) is 11.1 Å². The van der Waals surface area contributed by atoms with E-state index in [0.29, 0.717) is 33.8 Å². The molecule has 3 aromatic carbocycles. The van der Waals surface area contributed by atoms with Gasteiger partial charge in [0.1, 0.15) is 35.2 Å². The molecule has 1 amide bonds. The van der Waals surface area contributed by atoms with Crippen LogP contribution in [0.15, 0.2) is 42.5 Å². The summed E-state index contributed by atoms with van der Waals surface area (Å²) in [4.78, 5) is 24.4. The van der Waals surface area contributed by atoms with Crippen molar-refractivity contribution in [3.63, 3.8) is 0 Å². The van der Waals surface area contributed by atoms with Gasteiger partial charge in [0.2, 0.25) is 5.91 Å². The van der Waals surface area contributed by atoms with Gasteiger partial charge < -0.3 is 29.0 Å². The summed E-state index contributed by atoms with van der Waals surface area (Å²) < 4.78 is 60.2. The zero-order chi connectivity index (χ0) is 30.8. The molecule has 224 valence electrons. The summed E-state index contributed by atoms with van der Waals surface area (Å²) >= 11 is 0. The minimum absolute atomic E-state index is 0.0138. The van der Waals surface area contributed by atoms with Gasteiger partial charge in [0, 0.05) is 23.3 Å². The number of esters is 1. The van der Waals surface area contributed by atoms with Crippen LogP contribution in [0.4, 0.5) is 15.8 Å². The predicted molar refractivity (Wildman–Crippen MR) is 156 cm³/mol. The molecule has 1 heterocycles. The maximum absolute atomic E-state index is 14.0. The van der Waals surface area contributed by atoms with Gasteiger partial charge in [-0.15, -0.1) is 0 Å². The number of carbonyl (C=O) groups excluding carboxylic acids is 2. The molecule has 0 fully saturated rings. The molecule has 4 rings (SSSR count). The number of benzene rings is 3. The van der Waals surface area contributed by atoms with E-state index in [-0.39, 0.29) is 30.4 Å². The van der Waals surface area contributed by atoms with Crippen molar-refractivity contribution >= 4 is 33.4 Å². The number of ether oxygens (including phenoxy) is 3. The summed E-state index contributed by atoms with van der Waals surface area (Å²) in [7, 11) is -1.50. The number of amides is 1. The van der Waals surface area contributed by atoms with Crippen LogP contribution >= 0.6 is 0 Å². The zero-order valence-electron chi connectivity index (χ0n) is 24.2. The van der Waals surface area contributed by atoms with E-state index in [1.54, 1.807) is 32.9 Å². The highest BCUT2D eigenvalue weighted by Crippen LogP contribution is 2.45. The van der Waals surface area contributed by atoms with Crippen molar-refractivity contribution in [2.45, 2.75) is 46.3 Å². The van der Waals surface area contributed by atoms with E-state index < -0.39 is 33.2 Å². The van der Waals surface area contributed by atoms with Crippen molar-refractivity contribution in [3.05, 3.63) is 65.0 Å². The minimum atomic E-state index is -4.10. The maximum Gasteiger partial charge on any atom is 0.309 e. The van der Waals surface area contributed by atoms with Gasteiger partial charge in [-0.05, 0) is 68.7 Å². The monoisotopic (exact) mass is 600 g/mol. The predicted octanol–water partition coefficient (Wildman–Crippen LogP) is 5.11. The van der Waals surface area contributed by atoms with Crippen LogP contribution in [0.2, 0.25) is 0 Å². The van der Waals surface area contributed by atoms with Crippen molar-refractivity contribution in [1.82, 2.24) is 0 Å². The molecule has 0 aliphatic carbocycles. The van der Waals surface area contributed by atoms with E-state index in [9.17, 15) is 22.4 Å². The molecular formula is C30H33FN2O8S. The van der Waals surface area contributed by atoms with Gasteiger partial charge >= 0.3 is 16.1 Å². The van der Waals surface area contributed by atoms with Gasteiger partial charge in [0.05, 0.1) is 37.8 Å². The molecule has 0 saturated carbocycles.